The SMILES string of the molecule is COC1(CNC(=O)CC2CNc3ccccc32)CCC1. The summed E-state index contributed by atoms with van der Waals surface area (Å²) in [5.74, 6) is 0.405. The van der Waals surface area contributed by atoms with Crippen LogP contribution in [0.5, 0.6) is 0 Å². The number of amides is 1. The molecule has 1 heterocycles. The minimum Gasteiger partial charge on any atom is -0.384 e. The highest BCUT2D eigenvalue weighted by Crippen LogP contribution is 2.35. The van der Waals surface area contributed by atoms with Crippen LogP contribution in [-0.4, -0.2) is 31.7 Å². The molecule has 1 aliphatic heterocycles. The minimum absolute atomic E-state index is 0.0957. The predicted molar refractivity (Wildman–Crippen MR) is 78.9 cm³/mol. The highest BCUT2D eigenvalue weighted by Gasteiger charge is 2.37. The number of ether oxygens (including phenoxy) is 1. The molecule has 0 spiro atoms. The van der Waals surface area contributed by atoms with E-state index in [1.807, 2.05) is 12.1 Å². The van der Waals surface area contributed by atoms with E-state index in [-0.39, 0.29) is 17.4 Å². The molecule has 4 nitrogen and oxygen atoms in total. The molecule has 1 unspecified atom stereocenters. The van der Waals surface area contributed by atoms with Crippen molar-refractivity contribution in [1.29, 1.82) is 0 Å². The van der Waals surface area contributed by atoms with Crippen molar-refractivity contribution < 1.29 is 9.53 Å². The quantitative estimate of drug-likeness (QED) is 0.866. The lowest BCUT2D eigenvalue weighted by atomic mass is 9.80. The van der Waals surface area contributed by atoms with Crippen LogP contribution in [-0.2, 0) is 9.53 Å². The molecule has 1 aromatic rings. The molecule has 2 aliphatic rings. The van der Waals surface area contributed by atoms with Crippen LogP contribution in [0.3, 0.4) is 0 Å². The first kappa shape index (κ1) is 13.4. The number of hydrogen-bond acceptors (Lipinski definition) is 3. The fourth-order valence-corrected chi connectivity index (χ4v) is 3.12. The lowest BCUT2D eigenvalue weighted by molar-refractivity contribution is -0.125. The molecule has 1 saturated carbocycles. The number of rotatable bonds is 5. The van der Waals surface area contributed by atoms with Crippen molar-refractivity contribution in [3.8, 4) is 0 Å². The van der Waals surface area contributed by atoms with E-state index in [1.54, 1.807) is 7.11 Å². The van der Waals surface area contributed by atoms with Crippen molar-refractivity contribution >= 4 is 11.6 Å². The van der Waals surface area contributed by atoms with Gasteiger partial charge in [0.15, 0.2) is 0 Å². The Labute approximate surface area is 119 Å². The van der Waals surface area contributed by atoms with Crippen molar-refractivity contribution in [1.82, 2.24) is 5.32 Å². The second kappa shape index (κ2) is 5.44. The summed E-state index contributed by atoms with van der Waals surface area (Å²) in [6.07, 6.45) is 3.85. The summed E-state index contributed by atoms with van der Waals surface area (Å²) in [6, 6.07) is 8.23. The van der Waals surface area contributed by atoms with E-state index in [4.69, 9.17) is 4.74 Å². The highest BCUT2D eigenvalue weighted by atomic mass is 16.5. The van der Waals surface area contributed by atoms with Gasteiger partial charge in [-0.15, -0.1) is 0 Å². The summed E-state index contributed by atoms with van der Waals surface area (Å²) >= 11 is 0. The molecular formula is C16H22N2O2. The van der Waals surface area contributed by atoms with Crippen LogP contribution in [0, 0.1) is 0 Å². The van der Waals surface area contributed by atoms with E-state index < -0.39 is 0 Å². The van der Waals surface area contributed by atoms with Crippen LogP contribution in [0.4, 0.5) is 5.69 Å². The summed E-state index contributed by atoms with van der Waals surface area (Å²) in [4.78, 5) is 12.1. The van der Waals surface area contributed by atoms with Gasteiger partial charge in [0.2, 0.25) is 5.91 Å². The molecule has 3 rings (SSSR count). The number of hydrogen-bond donors (Lipinski definition) is 2. The third-order valence-corrected chi connectivity index (χ3v) is 4.68. The van der Waals surface area contributed by atoms with Gasteiger partial charge in [0.05, 0.1) is 5.60 Å². The fourth-order valence-electron chi connectivity index (χ4n) is 3.12. The average Bonchev–Trinajstić information content (AvgIpc) is 2.82. The lowest BCUT2D eigenvalue weighted by Gasteiger charge is -2.40. The van der Waals surface area contributed by atoms with Gasteiger partial charge in [0.25, 0.3) is 0 Å². The number of carbonyl (C=O) groups is 1. The van der Waals surface area contributed by atoms with Gasteiger partial charge >= 0.3 is 0 Å². The van der Waals surface area contributed by atoms with Crippen LogP contribution < -0.4 is 10.6 Å². The highest BCUT2D eigenvalue weighted by molar-refractivity contribution is 5.78. The van der Waals surface area contributed by atoms with E-state index in [0.29, 0.717) is 13.0 Å². The van der Waals surface area contributed by atoms with Gasteiger partial charge in [-0.3, -0.25) is 4.79 Å². The van der Waals surface area contributed by atoms with Gasteiger partial charge in [0.1, 0.15) is 0 Å². The molecule has 2 N–H and O–H groups in total. The van der Waals surface area contributed by atoms with Crippen molar-refractivity contribution in [2.24, 2.45) is 0 Å². The molecule has 1 amide bonds. The number of fused-ring (bicyclic) bond motifs is 1. The van der Waals surface area contributed by atoms with Crippen molar-refractivity contribution in [3.63, 3.8) is 0 Å². The normalized spacial score (nSPS) is 22.6. The molecule has 20 heavy (non-hydrogen) atoms. The number of para-hydroxylation sites is 1. The summed E-state index contributed by atoms with van der Waals surface area (Å²) < 4.78 is 5.52. The van der Waals surface area contributed by atoms with Crippen LogP contribution >= 0.6 is 0 Å². The van der Waals surface area contributed by atoms with E-state index in [1.165, 1.54) is 12.0 Å². The van der Waals surface area contributed by atoms with Crippen molar-refractivity contribution in [2.75, 3.05) is 25.5 Å². The van der Waals surface area contributed by atoms with Gasteiger partial charge in [-0.2, -0.15) is 0 Å². The topological polar surface area (TPSA) is 50.4 Å². The lowest BCUT2D eigenvalue weighted by Crippen LogP contribution is -2.49. The summed E-state index contributed by atoms with van der Waals surface area (Å²) in [6.45, 7) is 1.49. The molecule has 1 aromatic carbocycles. The summed E-state index contributed by atoms with van der Waals surface area (Å²) in [5, 5.41) is 6.40. The predicted octanol–water partition coefficient (Wildman–Crippen LogP) is 2.27. The number of carbonyl (C=O) groups excluding carboxylic acids is 1. The first-order valence-corrected chi connectivity index (χ1v) is 7.37. The van der Waals surface area contributed by atoms with Crippen LogP contribution in [0.2, 0.25) is 0 Å². The second-order valence-corrected chi connectivity index (χ2v) is 5.89. The van der Waals surface area contributed by atoms with E-state index in [2.05, 4.69) is 22.8 Å². The standard InChI is InChI=1S/C16H22N2O2/c1-20-16(7-4-8-16)11-18-15(19)9-12-10-17-14-6-3-2-5-13(12)14/h2-3,5-6,12,17H,4,7-11H2,1H3,(H,18,19). The number of nitrogens with one attached hydrogen (secondary N) is 2. The number of anilines is 1. The molecule has 1 fully saturated rings. The summed E-state index contributed by atoms with van der Waals surface area (Å²) in [5.41, 5.74) is 2.33. The fraction of sp³-hybridized carbons (Fsp3) is 0.562. The summed E-state index contributed by atoms with van der Waals surface area (Å²) in [7, 11) is 1.74. The third-order valence-electron chi connectivity index (χ3n) is 4.68. The van der Waals surface area contributed by atoms with Crippen LogP contribution in [0.15, 0.2) is 24.3 Å². The van der Waals surface area contributed by atoms with Gasteiger partial charge in [-0.1, -0.05) is 18.2 Å². The maximum Gasteiger partial charge on any atom is 0.220 e. The minimum atomic E-state index is -0.0957. The maximum atomic E-state index is 12.1. The third kappa shape index (κ3) is 2.52. The molecular weight excluding hydrogens is 252 g/mol. The van der Waals surface area contributed by atoms with Gasteiger partial charge in [-0.25, -0.2) is 0 Å². The van der Waals surface area contributed by atoms with E-state index >= 15 is 0 Å². The zero-order chi connectivity index (χ0) is 14.0. The first-order chi connectivity index (χ1) is 9.72. The van der Waals surface area contributed by atoms with Gasteiger partial charge in [0, 0.05) is 38.2 Å². The molecule has 0 radical (unpaired) electrons. The monoisotopic (exact) mass is 274 g/mol. The molecule has 0 aromatic heterocycles. The molecule has 4 heteroatoms. The van der Waals surface area contributed by atoms with Gasteiger partial charge < -0.3 is 15.4 Å². The van der Waals surface area contributed by atoms with E-state index in [0.717, 1.165) is 25.1 Å². The second-order valence-electron chi connectivity index (χ2n) is 5.89. The average molecular weight is 274 g/mol. The smallest absolute Gasteiger partial charge is 0.220 e. The molecule has 108 valence electrons. The molecule has 1 aliphatic carbocycles. The molecule has 0 bridgehead atoms. The number of methoxy groups -OCH3 is 1. The molecule has 0 saturated heterocycles. The Hall–Kier alpha value is -1.55. The zero-order valence-corrected chi connectivity index (χ0v) is 11.9. The van der Waals surface area contributed by atoms with Crippen LogP contribution in [0.25, 0.3) is 0 Å². The Morgan fingerprint density at radius 2 is 2.25 bits per heavy atom. The zero-order valence-electron chi connectivity index (χ0n) is 11.9. The molecule has 1 atom stereocenters. The maximum absolute atomic E-state index is 12.1. The van der Waals surface area contributed by atoms with Crippen molar-refractivity contribution in [3.05, 3.63) is 29.8 Å². The Morgan fingerprint density at radius 1 is 1.45 bits per heavy atom. The van der Waals surface area contributed by atoms with Gasteiger partial charge in [-0.05, 0) is 30.9 Å². The Morgan fingerprint density at radius 3 is 2.95 bits per heavy atom. The van der Waals surface area contributed by atoms with Crippen LogP contribution in [0.1, 0.15) is 37.2 Å². The van der Waals surface area contributed by atoms with E-state index in [9.17, 15) is 4.79 Å². The number of benzene rings is 1. The van der Waals surface area contributed by atoms with Crippen molar-refractivity contribution in [2.45, 2.75) is 37.2 Å². The Bertz CT molecular complexity index is 491. The largest absolute Gasteiger partial charge is 0.384 e. The first-order valence-electron chi connectivity index (χ1n) is 7.37. The Balaban J connectivity index is 1.53. The Kier molecular flexibility index (Phi) is 3.66.